The van der Waals surface area contributed by atoms with Crippen molar-refractivity contribution in [2.45, 2.75) is 45.4 Å². The van der Waals surface area contributed by atoms with Crippen LogP contribution in [0.5, 0.6) is 5.75 Å². The number of aryl methyl sites for hydroxylation is 2. The van der Waals surface area contributed by atoms with Gasteiger partial charge in [-0.1, -0.05) is 12.1 Å². The Hall–Kier alpha value is -2.44. The zero-order chi connectivity index (χ0) is 18.9. The van der Waals surface area contributed by atoms with Crippen LogP contribution in [0.2, 0.25) is 0 Å². The molecule has 2 aromatic heterocycles. The average Bonchev–Trinajstić information content (AvgIpc) is 3.32. The number of nitrogens with zero attached hydrogens (tertiary/aromatic N) is 3. The number of hydrogen-bond donors (Lipinski definition) is 1. The summed E-state index contributed by atoms with van der Waals surface area (Å²) in [6.07, 6.45) is 3.47. The Morgan fingerprint density at radius 2 is 2.21 bits per heavy atom. The van der Waals surface area contributed by atoms with Gasteiger partial charge in [-0.25, -0.2) is 4.98 Å². The number of pyridine rings is 1. The molecule has 0 radical (unpaired) electrons. The number of para-hydroxylation sites is 1. The van der Waals surface area contributed by atoms with E-state index in [0.29, 0.717) is 6.61 Å². The van der Waals surface area contributed by atoms with Crippen molar-refractivity contribution in [3.05, 3.63) is 41.6 Å². The van der Waals surface area contributed by atoms with Gasteiger partial charge in [-0.2, -0.15) is 5.10 Å². The molecule has 28 heavy (non-hydrogen) atoms. The fourth-order valence-corrected chi connectivity index (χ4v) is 4.08. The standard InChI is InChI=1S/C22H26N4O2/c1-15-11-19(20-12-16-13-23-8-4-9-26(16)25-20)24-22-18(15)6-2-7-21(22)28-14-17-5-3-10-27-17/h2,6-7,11-12,17,23H,3-5,8-10,13-14H2,1H3. The van der Waals surface area contributed by atoms with E-state index in [1.165, 1.54) is 11.3 Å². The van der Waals surface area contributed by atoms with Crippen molar-refractivity contribution in [2.24, 2.45) is 0 Å². The summed E-state index contributed by atoms with van der Waals surface area (Å²) in [6, 6.07) is 10.4. The number of fused-ring (bicyclic) bond motifs is 2. The van der Waals surface area contributed by atoms with Crippen LogP contribution >= 0.6 is 0 Å². The van der Waals surface area contributed by atoms with Crippen LogP contribution in [0, 0.1) is 6.92 Å². The van der Waals surface area contributed by atoms with E-state index < -0.39 is 0 Å². The van der Waals surface area contributed by atoms with Gasteiger partial charge in [0.15, 0.2) is 0 Å². The molecule has 0 aliphatic carbocycles. The zero-order valence-electron chi connectivity index (χ0n) is 16.3. The first-order chi connectivity index (χ1) is 13.8. The lowest BCUT2D eigenvalue weighted by Crippen LogP contribution is -2.16. The third kappa shape index (κ3) is 3.38. The van der Waals surface area contributed by atoms with Crippen molar-refractivity contribution < 1.29 is 9.47 Å². The molecule has 2 aliphatic rings. The summed E-state index contributed by atoms with van der Waals surface area (Å²) in [5, 5.41) is 9.39. The van der Waals surface area contributed by atoms with Gasteiger partial charge < -0.3 is 14.8 Å². The van der Waals surface area contributed by atoms with Gasteiger partial charge in [-0.15, -0.1) is 0 Å². The van der Waals surface area contributed by atoms with E-state index in [0.717, 1.165) is 73.5 Å². The SMILES string of the molecule is Cc1cc(-c2cc3n(n2)CCCNC3)nc2c(OCC3CCCO3)cccc12. The van der Waals surface area contributed by atoms with Crippen molar-refractivity contribution in [3.63, 3.8) is 0 Å². The van der Waals surface area contributed by atoms with Gasteiger partial charge in [0.25, 0.3) is 0 Å². The maximum absolute atomic E-state index is 6.12. The third-order valence-corrected chi connectivity index (χ3v) is 5.61. The second-order valence-corrected chi connectivity index (χ2v) is 7.70. The van der Waals surface area contributed by atoms with E-state index in [1.54, 1.807) is 0 Å². The Morgan fingerprint density at radius 1 is 1.25 bits per heavy atom. The lowest BCUT2D eigenvalue weighted by molar-refractivity contribution is 0.0684. The van der Waals surface area contributed by atoms with E-state index in [2.05, 4.69) is 35.1 Å². The largest absolute Gasteiger partial charge is 0.489 e. The Kier molecular flexibility index (Phi) is 4.74. The van der Waals surface area contributed by atoms with Gasteiger partial charge >= 0.3 is 0 Å². The first-order valence-corrected chi connectivity index (χ1v) is 10.2. The quantitative estimate of drug-likeness (QED) is 0.753. The molecule has 146 valence electrons. The summed E-state index contributed by atoms with van der Waals surface area (Å²) in [5.74, 6) is 0.820. The van der Waals surface area contributed by atoms with Crippen molar-refractivity contribution in [1.29, 1.82) is 0 Å². The maximum Gasteiger partial charge on any atom is 0.145 e. The number of hydrogen-bond acceptors (Lipinski definition) is 5. The first-order valence-electron chi connectivity index (χ1n) is 10.2. The minimum atomic E-state index is 0.191. The molecule has 1 aromatic carbocycles. The van der Waals surface area contributed by atoms with Gasteiger partial charge in [0.2, 0.25) is 0 Å². The molecular weight excluding hydrogens is 352 g/mol. The minimum Gasteiger partial charge on any atom is -0.489 e. The van der Waals surface area contributed by atoms with E-state index in [9.17, 15) is 0 Å². The van der Waals surface area contributed by atoms with Gasteiger partial charge in [0.1, 0.15) is 23.6 Å². The highest BCUT2D eigenvalue weighted by molar-refractivity contribution is 5.89. The van der Waals surface area contributed by atoms with Crippen molar-refractivity contribution in [1.82, 2.24) is 20.1 Å². The lowest BCUT2D eigenvalue weighted by atomic mass is 10.1. The van der Waals surface area contributed by atoms with E-state index in [-0.39, 0.29) is 6.10 Å². The van der Waals surface area contributed by atoms with E-state index in [4.69, 9.17) is 19.6 Å². The average molecular weight is 378 g/mol. The fourth-order valence-electron chi connectivity index (χ4n) is 4.08. The molecule has 0 spiro atoms. The first kappa shape index (κ1) is 17.6. The molecule has 1 fully saturated rings. The monoisotopic (exact) mass is 378 g/mol. The summed E-state index contributed by atoms with van der Waals surface area (Å²) < 4.78 is 13.9. The summed E-state index contributed by atoms with van der Waals surface area (Å²) in [7, 11) is 0. The van der Waals surface area contributed by atoms with Gasteiger partial charge in [-0.05, 0) is 56.5 Å². The normalized spacial score (nSPS) is 19.5. The number of nitrogens with one attached hydrogen (secondary N) is 1. The minimum absolute atomic E-state index is 0.191. The molecule has 4 heterocycles. The van der Waals surface area contributed by atoms with Crippen molar-refractivity contribution in [2.75, 3.05) is 19.8 Å². The molecule has 3 aromatic rings. The van der Waals surface area contributed by atoms with E-state index >= 15 is 0 Å². The summed E-state index contributed by atoms with van der Waals surface area (Å²) >= 11 is 0. The second-order valence-electron chi connectivity index (χ2n) is 7.70. The van der Waals surface area contributed by atoms with Crippen molar-refractivity contribution >= 4 is 10.9 Å². The second kappa shape index (κ2) is 7.53. The number of ether oxygens (including phenoxy) is 2. The summed E-state index contributed by atoms with van der Waals surface area (Å²) in [6.45, 7) is 6.39. The molecule has 1 unspecified atom stereocenters. The van der Waals surface area contributed by atoms with Crippen LogP contribution in [0.3, 0.4) is 0 Å². The highest BCUT2D eigenvalue weighted by Gasteiger charge is 2.18. The molecule has 6 nitrogen and oxygen atoms in total. The molecule has 0 amide bonds. The topological polar surface area (TPSA) is 61.2 Å². The van der Waals surface area contributed by atoms with Crippen LogP contribution in [-0.2, 0) is 17.8 Å². The predicted octanol–water partition coefficient (Wildman–Crippen LogP) is 3.46. The highest BCUT2D eigenvalue weighted by Crippen LogP contribution is 2.30. The number of aromatic nitrogens is 3. The summed E-state index contributed by atoms with van der Waals surface area (Å²) in [4.78, 5) is 4.96. The molecular formula is C22H26N4O2. The van der Waals surface area contributed by atoms with Crippen LogP contribution in [0.1, 0.15) is 30.5 Å². The number of rotatable bonds is 4. The molecule has 2 aliphatic heterocycles. The smallest absolute Gasteiger partial charge is 0.145 e. The number of benzene rings is 1. The predicted molar refractivity (Wildman–Crippen MR) is 108 cm³/mol. The van der Waals surface area contributed by atoms with E-state index in [1.807, 2.05) is 12.1 Å². The van der Waals surface area contributed by atoms with Crippen LogP contribution in [-0.4, -0.2) is 40.6 Å². The third-order valence-electron chi connectivity index (χ3n) is 5.61. The van der Waals surface area contributed by atoms with Crippen LogP contribution in [0.4, 0.5) is 0 Å². The Balaban J connectivity index is 1.50. The molecule has 1 saturated heterocycles. The molecule has 6 heteroatoms. The molecule has 0 saturated carbocycles. The lowest BCUT2D eigenvalue weighted by Gasteiger charge is -2.14. The maximum atomic E-state index is 6.12. The van der Waals surface area contributed by atoms with Gasteiger partial charge in [-0.3, -0.25) is 4.68 Å². The highest BCUT2D eigenvalue weighted by atomic mass is 16.5. The Bertz CT molecular complexity index is 968. The Labute approximate surface area is 164 Å². The molecule has 0 bridgehead atoms. The zero-order valence-corrected chi connectivity index (χ0v) is 16.3. The molecule has 1 atom stereocenters. The molecule has 1 N–H and O–H groups in total. The fraction of sp³-hybridized carbons (Fsp3) is 0.455. The van der Waals surface area contributed by atoms with Crippen molar-refractivity contribution in [3.8, 4) is 17.1 Å². The molecule has 5 rings (SSSR count). The summed E-state index contributed by atoms with van der Waals surface area (Å²) in [5.41, 5.74) is 5.13. The van der Waals surface area contributed by atoms with Crippen LogP contribution < -0.4 is 10.1 Å². The Morgan fingerprint density at radius 3 is 3.11 bits per heavy atom. The van der Waals surface area contributed by atoms with Gasteiger partial charge in [0, 0.05) is 25.1 Å². The van der Waals surface area contributed by atoms with Gasteiger partial charge in [0.05, 0.1) is 17.5 Å². The van der Waals surface area contributed by atoms with Crippen LogP contribution in [0.25, 0.3) is 22.3 Å². The van der Waals surface area contributed by atoms with Crippen LogP contribution in [0.15, 0.2) is 30.3 Å².